The first-order valence-corrected chi connectivity index (χ1v) is 5.51. The molecule has 0 aliphatic rings. The van der Waals surface area contributed by atoms with E-state index in [1.165, 1.54) is 24.0 Å². The number of thiophene rings is 1. The van der Waals surface area contributed by atoms with Crippen molar-refractivity contribution >= 4 is 11.3 Å². The molecular formula is C10H7F3N2OS. The van der Waals surface area contributed by atoms with E-state index in [-0.39, 0.29) is 11.3 Å². The maximum absolute atomic E-state index is 12.6. The molecule has 2 aromatic heterocycles. The van der Waals surface area contributed by atoms with Gasteiger partial charge in [0, 0.05) is 17.1 Å². The average molecular weight is 260 g/mol. The number of hydrogen-bond acceptors (Lipinski definition) is 4. The lowest BCUT2D eigenvalue weighted by atomic mass is 10.1. The Bertz CT molecular complexity index is 498. The molecule has 1 N–H and O–H groups in total. The normalized spacial score (nSPS) is 13.6. The van der Waals surface area contributed by atoms with Crippen molar-refractivity contribution in [3.63, 3.8) is 0 Å². The molecule has 2 heterocycles. The third kappa shape index (κ3) is 2.45. The third-order valence-electron chi connectivity index (χ3n) is 2.18. The minimum absolute atomic E-state index is 0.142. The fourth-order valence-electron chi connectivity index (χ4n) is 1.37. The van der Waals surface area contributed by atoms with E-state index in [4.69, 9.17) is 0 Å². The highest BCUT2D eigenvalue weighted by atomic mass is 32.1. The van der Waals surface area contributed by atoms with Gasteiger partial charge in [-0.1, -0.05) is 0 Å². The molecule has 0 bridgehead atoms. The van der Waals surface area contributed by atoms with E-state index in [0.717, 1.165) is 16.7 Å². The molecule has 2 aromatic rings. The maximum Gasteiger partial charge on any atom is 0.417 e. The summed E-state index contributed by atoms with van der Waals surface area (Å²) in [4.78, 5) is 7.37. The molecule has 17 heavy (non-hydrogen) atoms. The predicted molar refractivity (Wildman–Crippen MR) is 55.4 cm³/mol. The van der Waals surface area contributed by atoms with E-state index in [0.29, 0.717) is 0 Å². The predicted octanol–water partition coefficient (Wildman–Crippen LogP) is 2.64. The molecule has 0 aromatic carbocycles. The van der Waals surface area contributed by atoms with Crippen molar-refractivity contribution in [2.75, 3.05) is 0 Å². The Labute approximate surface area is 98.6 Å². The van der Waals surface area contributed by atoms with Crippen molar-refractivity contribution in [2.24, 2.45) is 0 Å². The van der Waals surface area contributed by atoms with Gasteiger partial charge in [0.05, 0.1) is 11.3 Å². The standard InChI is InChI=1S/C10H7F3N2OS/c11-10(12,13)7-4-17-3-6(7)9(16)8-1-2-14-5-15-8/h1-5,9,16H. The van der Waals surface area contributed by atoms with Gasteiger partial charge in [0.25, 0.3) is 0 Å². The first-order valence-electron chi connectivity index (χ1n) is 4.57. The zero-order valence-electron chi connectivity index (χ0n) is 8.35. The quantitative estimate of drug-likeness (QED) is 0.902. The first-order chi connectivity index (χ1) is 8.00. The molecule has 0 aliphatic heterocycles. The van der Waals surface area contributed by atoms with Gasteiger partial charge in [0.15, 0.2) is 0 Å². The Morgan fingerprint density at radius 3 is 2.65 bits per heavy atom. The van der Waals surface area contributed by atoms with Crippen LogP contribution in [0.15, 0.2) is 29.4 Å². The van der Waals surface area contributed by atoms with E-state index in [9.17, 15) is 18.3 Å². The topological polar surface area (TPSA) is 46.0 Å². The lowest BCUT2D eigenvalue weighted by molar-refractivity contribution is -0.138. The van der Waals surface area contributed by atoms with E-state index >= 15 is 0 Å². The van der Waals surface area contributed by atoms with E-state index in [1.54, 1.807) is 0 Å². The van der Waals surface area contributed by atoms with Crippen LogP contribution in [-0.4, -0.2) is 15.1 Å². The lowest BCUT2D eigenvalue weighted by Crippen LogP contribution is -2.11. The van der Waals surface area contributed by atoms with Gasteiger partial charge in [-0.05, 0) is 11.4 Å². The monoisotopic (exact) mass is 260 g/mol. The van der Waals surface area contributed by atoms with Gasteiger partial charge in [0.2, 0.25) is 0 Å². The number of aliphatic hydroxyl groups excluding tert-OH is 1. The van der Waals surface area contributed by atoms with E-state index < -0.39 is 17.8 Å². The molecule has 0 aliphatic carbocycles. The zero-order valence-corrected chi connectivity index (χ0v) is 9.16. The molecule has 0 fully saturated rings. The number of alkyl halides is 3. The molecule has 0 saturated heterocycles. The van der Waals surface area contributed by atoms with Gasteiger partial charge < -0.3 is 5.11 Å². The number of nitrogens with zero attached hydrogens (tertiary/aromatic N) is 2. The van der Waals surface area contributed by atoms with Crippen LogP contribution in [0.4, 0.5) is 13.2 Å². The van der Waals surface area contributed by atoms with Gasteiger partial charge in [-0.25, -0.2) is 9.97 Å². The van der Waals surface area contributed by atoms with Crippen LogP contribution in [0.25, 0.3) is 0 Å². The summed E-state index contributed by atoms with van der Waals surface area (Å²) in [5, 5.41) is 12.1. The Balaban J connectivity index is 2.39. The van der Waals surface area contributed by atoms with Crippen molar-refractivity contribution in [1.82, 2.24) is 9.97 Å². The Morgan fingerprint density at radius 1 is 1.29 bits per heavy atom. The molecule has 2 rings (SSSR count). The minimum Gasteiger partial charge on any atom is -0.382 e. The SMILES string of the molecule is OC(c1ccncn1)c1cscc1C(F)(F)F. The highest BCUT2D eigenvalue weighted by Gasteiger charge is 2.36. The zero-order chi connectivity index (χ0) is 12.5. The number of aromatic nitrogens is 2. The van der Waals surface area contributed by atoms with Crippen LogP contribution < -0.4 is 0 Å². The molecule has 0 radical (unpaired) electrons. The number of aliphatic hydroxyl groups is 1. The van der Waals surface area contributed by atoms with Crippen LogP contribution in [0.2, 0.25) is 0 Å². The van der Waals surface area contributed by atoms with Crippen LogP contribution >= 0.6 is 11.3 Å². The Kier molecular flexibility index (Phi) is 3.12. The lowest BCUT2D eigenvalue weighted by Gasteiger charge is -2.12. The van der Waals surface area contributed by atoms with Crippen LogP contribution in [0.3, 0.4) is 0 Å². The summed E-state index contributed by atoms with van der Waals surface area (Å²) in [6.07, 6.45) is -3.31. The van der Waals surface area contributed by atoms with Gasteiger partial charge in [0.1, 0.15) is 12.4 Å². The summed E-state index contributed by atoms with van der Waals surface area (Å²) in [7, 11) is 0. The Hall–Kier alpha value is -1.47. The second-order valence-corrected chi connectivity index (χ2v) is 4.02. The molecule has 7 heteroatoms. The van der Waals surface area contributed by atoms with Gasteiger partial charge >= 0.3 is 6.18 Å². The second kappa shape index (κ2) is 4.42. The van der Waals surface area contributed by atoms with Crippen LogP contribution in [-0.2, 0) is 6.18 Å². The van der Waals surface area contributed by atoms with Gasteiger partial charge in [-0.3, -0.25) is 0 Å². The fraction of sp³-hybridized carbons (Fsp3) is 0.200. The summed E-state index contributed by atoms with van der Waals surface area (Å²) < 4.78 is 37.9. The highest BCUT2D eigenvalue weighted by Crippen LogP contribution is 2.38. The van der Waals surface area contributed by atoms with Crippen molar-refractivity contribution in [2.45, 2.75) is 12.3 Å². The average Bonchev–Trinajstić information content (AvgIpc) is 2.78. The number of rotatable bonds is 2. The first kappa shape index (κ1) is 12.0. The molecule has 1 atom stereocenters. The summed E-state index contributed by atoms with van der Waals surface area (Å²) in [6.45, 7) is 0. The second-order valence-electron chi connectivity index (χ2n) is 3.28. The highest BCUT2D eigenvalue weighted by molar-refractivity contribution is 7.08. The van der Waals surface area contributed by atoms with Gasteiger partial charge in [-0.15, -0.1) is 0 Å². The molecule has 0 saturated carbocycles. The molecule has 1 unspecified atom stereocenters. The maximum atomic E-state index is 12.6. The molecule has 0 amide bonds. The van der Waals surface area contributed by atoms with Crippen LogP contribution in [0, 0.1) is 0 Å². The number of halogens is 3. The number of hydrogen-bond donors (Lipinski definition) is 1. The van der Waals surface area contributed by atoms with E-state index in [2.05, 4.69) is 9.97 Å². The van der Waals surface area contributed by atoms with Crippen molar-refractivity contribution in [1.29, 1.82) is 0 Å². The summed E-state index contributed by atoms with van der Waals surface area (Å²) in [5.41, 5.74) is -0.862. The summed E-state index contributed by atoms with van der Waals surface area (Å²) >= 11 is 0.893. The molecule has 3 nitrogen and oxygen atoms in total. The molecule has 0 spiro atoms. The summed E-state index contributed by atoms with van der Waals surface area (Å²) in [6, 6.07) is 1.38. The fourth-order valence-corrected chi connectivity index (χ4v) is 2.25. The minimum atomic E-state index is -4.47. The largest absolute Gasteiger partial charge is 0.417 e. The molecular weight excluding hydrogens is 253 g/mol. The summed E-state index contributed by atoms with van der Waals surface area (Å²) in [5.74, 6) is 0. The van der Waals surface area contributed by atoms with Gasteiger partial charge in [-0.2, -0.15) is 24.5 Å². The van der Waals surface area contributed by atoms with Crippen LogP contribution in [0.5, 0.6) is 0 Å². The van der Waals surface area contributed by atoms with Crippen molar-refractivity contribution < 1.29 is 18.3 Å². The van der Waals surface area contributed by atoms with Crippen molar-refractivity contribution in [3.05, 3.63) is 46.2 Å². The third-order valence-corrected chi connectivity index (χ3v) is 2.94. The van der Waals surface area contributed by atoms with Crippen molar-refractivity contribution in [3.8, 4) is 0 Å². The smallest absolute Gasteiger partial charge is 0.382 e. The molecule has 90 valence electrons. The van der Waals surface area contributed by atoms with E-state index in [1.807, 2.05) is 0 Å². The van der Waals surface area contributed by atoms with Crippen LogP contribution in [0.1, 0.15) is 22.9 Å². The Morgan fingerprint density at radius 2 is 2.06 bits per heavy atom.